The molecule has 0 spiro atoms. The molecule has 0 aromatic carbocycles. The van der Waals surface area contributed by atoms with E-state index in [1.165, 1.54) is 32.4 Å². The van der Waals surface area contributed by atoms with E-state index in [0.717, 1.165) is 11.8 Å². The van der Waals surface area contributed by atoms with Crippen LogP contribution in [0.4, 0.5) is 13.2 Å². The average molecular weight is 253 g/mol. The number of piperidine rings is 1. The molecule has 1 heterocycles. The van der Waals surface area contributed by atoms with Gasteiger partial charge in [-0.25, -0.2) is 0 Å². The van der Waals surface area contributed by atoms with Crippen molar-refractivity contribution in [2.75, 3.05) is 19.7 Å². The summed E-state index contributed by atoms with van der Waals surface area (Å²) in [6.45, 7) is 2.81. The number of rotatable bonds is 2. The summed E-state index contributed by atoms with van der Waals surface area (Å²) in [5.74, 6) is 2.47. The minimum atomic E-state index is -4.64. The number of hydrogen-bond donors (Lipinski definition) is 2. The van der Waals surface area contributed by atoms with Crippen LogP contribution in [0.15, 0.2) is 0 Å². The Bertz CT molecular complexity index is 239. The second kappa shape index (κ2) is 6.35. The number of alkyl halides is 3. The maximum Gasteiger partial charge on any atom is 0.446 e. The van der Waals surface area contributed by atoms with Gasteiger partial charge in [-0.1, -0.05) is 0 Å². The third kappa shape index (κ3) is 5.50. The molecule has 0 aromatic heterocycles. The molecule has 2 aliphatic rings. The topological polar surface area (TPSA) is 49.3 Å². The molecule has 1 saturated carbocycles. The highest BCUT2D eigenvalue weighted by molar-refractivity contribution is 5.56. The molecule has 1 saturated heterocycles. The number of halogens is 3. The van der Waals surface area contributed by atoms with E-state index in [-0.39, 0.29) is 0 Å². The molecule has 1 aliphatic heterocycles. The summed E-state index contributed by atoms with van der Waals surface area (Å²) in [5.41, 5.74) is 0. The Morgan fingerprint density at radius 2 is 1.82 bits per heavy atom. The molecular formula is C11H18F3NO2. The zero-order valence-corrected chi connectivity index (χ0v) is 9.54. The number of aldehydes is 1. The smallest absolute Gasteiger partial charge is 0.396 e. The van der Waals surface area contributed by atoms with Crippen LogP contribution in [-0.4, -0.2) is 37.3 Å². The van der Waals surface area contributed by atoms with Crippen molar-refractivity contribution < 1.29 is 23.1 Å². The first-order chi connectivity index (χ1) is 7.98. The van der Waals surface area contributed by atoms with E-state index >= 15 is 0 Å². The monoisotopic (exact) mass is 253 g/mol. The van der Waals surface area contributed by atoms with E-state index in [1.54, 1.807) is 0 Å². The van der Waals surface area contributed by atoms with E-state index in [4.69, 9.17) is 9.90 Å². The number of carbonyl (C=O) groups is 1. The summed E-state index contributed by atoms with van der Waals surface area (Å²) in [6, 6.07) is 0. The van der Waals surface area contributed by atoms with Crippen molar-refractivity contribution in [2.24, 2.45) is 17.8 Å². The molecule has 17 heavy (non-hydrogen) atoms. The average Bonchev–Trinajstić information content (AvgIpc) is 3.09. The lowest BCUT2D eigenvalue weighted by Gasteiger charge is -2.22. The lowest BCUT2D eigenvalue weighted by atomic mass is 9.92. The third-order valence-corrected chi connectivity index (χ3v) is 3.33. The molecule has 1 aliphatic carbocycles. The third-order valence-electron chi connectivity index (χ3n) is 3.33. The molecule has 2 N–H and O–H groups in total. The number of hydrogen-bond acceptors (Lipinski definition) is 3. The lowest BCUT2D eigenvalue weighted by molar-refractivity contribution is -0.156. The second-order valence-corrected chi connectivity index (χ2v) is 4.59. The van der Waals surface area contributed by atoms with Crippen LogP contribution in [0.25, 0.3) is 0 Å². The van der Waals surface area contributed by atoms with Gasteiger partial charge < -0.3 is 10.4 Å². The van der Waals surface area contributed by atoms with Crippen molar-refractivity contribution >= 4 is 6.29 Å². The Kier molecular flexibility index (Phi) is 5.39. The molecule has 6 heteroatoms. The largest absolute Gasteiger partial charge is 0.446 e. The first-order valence-electron chi connectivity index (χ1n) is 5.82. The van der Waals surface area contributed by atoms with Crippen LogP contribution < -0.4 is 5.32 Å². The fourth-order valence-electron chi connectivity index (χ4n) is 2.33. The fraction of sp³-hybridized carbons (Fsp3) is 0.909. The normalized spacial score (nSPS) is 29.2. The van der Waals surface area contributed by atoms with Crippen molar-refractivity contribution in [3.63, 3.8) is 0 Å². The summed E-state index contributed by atoms with van der Waals surface area (Å²) in [5, 5.41) is 12.3. The Balaban J connectivity index is 0.000000209. The standard InChI is InChI=1S/C9H17NO.C2HF3O/c11-6-8-5-9(8)7-1-3-10-4-2-7;3-2(4,5)1-6/h7-11H,1-6H2;1H/t8-,9+;/m0./s1. The molecule has 2 rings (SSSR count). The molecule has 0 unspecified atom stereocenters. The first kappa shape index (κ1) is 14.4. The van der Waals surface area contributed by atoms with Gasteiger partial charge in [-0.2, -0.15) is 13.2 Å². The van der Waals surface area contributed by atoms with Gasteiger partial charge in [-0.05, 0) is 50.1 Å². The predicted octanol–water partition coefficient (Wildman–Crippen LogP) is 1.36. The number of aliphatic hydroxyl groups excluding tert-OH is 1. The van der Waals surface area contributed by atoms with Crippen LogP contribution in [0.3, 0.4) is 0 Å². The van der Waals surface area contributed by atoms with Crippen molar-refractivity contribution in [3.05, 3.63) is 0 Å². The molecule has 0 radical (unpaired) electrons. The minimum Gasteiger partial charge on any atom is -0.396 e. The lowest BCUT2D eigenvalue weighted by Crippen LogP contribution is -2.29. The molecule has 100 valence electrons. The highest BCUT2D eigenvalue weighted by atomic mass is 19.4. The maximum atomic E-state index is 10.4. The van der Waals surface area contributed by atoms with Gasteiger partial charge >= 0.3 is 6.18 Å². The maximum absolute atomic E-state index is 10.4. The summed E-state index contributed by atoms with van der Waals surface area (Å²) < 4.78 is 31.2. The van der Waals surface area contributed by atoms with Crippen LogP contribution >= 0.6 is 0 Å². The molecule has 2 atom stereocenters. The van der Waals surface area contributed by atoms with Crippen LogP contribution in [0.5, 0.6) is 0 Å². The van der Waals surface area contributed by atoms with Crippen molar-refractivity contribution in [1.82, 2.24) is 5.32 Å². The second-order valence-electron chi connectivity index (χ2n) is 4.59. The van der Waals surface area contributed by atoms with Crippen molar-refractivity contribution in [1.29, 1.82) is 0 Å². The van der Waals surface area contributed by atoms with Crippen LogP contribution in [0.2, 0.25) is 0 Å². The molecule has 0 aromatic rings. The SMILES string of the molecule is O=CC(F)(F)F.OC[C@@H]1C[C@@H]1C1CCNCC1. The van der Waals surface area contributed by atoms with Gasteiger partial charge in [0.2, 0.25) is 6.29 Å². The molecule has 3 nitrogen and oxygen atoms in total. The van der Waals surface area contributed by atoms with E-state index in [0.29, 0.717) is 12.5 Å². The highest BCUT2D eigenvalue weighted by Crippen LogP contribution is 2.46. The van der Waals surface area contributed by atoms with Gasteiger partial charge in [0.25, 0.3) is 0 Å². The number of nitrogens with one attached hydrogen (secondary N) is 1. The van der Waals surface area contributed by atoms with Gasteiger partial charge in [0.15, 0.2) is 0 Å². The Hall–Kier alpha value is -0.620. The number of aliphatic hydroxyl groups is 1. The summed E-state index contributed by atoms with van der Waals surface area (Å²) in [4.78, 5) is 8.70. The summed E-state index contributed by atoms with van der Waals surface area (Å²) >= 11 is 0. The van der Waals surface area contributed by atoms with E-state index in [2.05, 4.69) is 5.32 Å². The Morgan fingerprint density at radius 1 is 1.29 bits per heavy atom. The number of carbonyl (C=O) groups excluding carboxylic acids is 1. The van der Waals surface area contributed by atoms with E-state index < -0.39 is 12.5 Å². The van der Waals surface area contributed by atoms with Gasteiger partial charge in [0.1, 0.15) is 0 Å². The van der Waals surface area contributed by atoms with Gasteiger partial charge in [0, 0.05) is 6.61 Å². The Morgan fingerprint density at radius 3 is 2.18 bits per heavy atom. The van der Waals surface area contributed by atoms with Crippen molar-refractivity contribution in [3.8, 4) is 0 Å². The summed E-state index contributed by atoms with van der Waals surface area (Å²) in [6.07, 6.45) is -1.74. The predicted molar refractivity (Wildman–Crippen MR) is 56.4 cm³/mol. The van der Waals surface area contributed by atoms with Crippen LogP contribution in [0, 0.1) is 17.8 Å². The van der Waals surface area contributed by atoms with Gasteiger partial charge in [0.05, 0.1) is 0 Å². The molecule has 2 fully saturated rings. The zero-order chi connectivity index (χ0) is 12.9. The zero-order valence-electron chi connectivity index (χ0n) is 9.54. The van der Waals surface area contributed by atoms with Crippen molar-refractivity contribution in [2.45, 2.75) is 25.4 Å². The fourth-order valence-corrected chi connectivity index (χ4v) is 2.33. The van der Waals surface area contributed by atoms with E-state index in [9.17, 15) is 13.2 Å². The highest BCUT2D eigenvalue weighted by Gasteiger charge is 2.42. The molecule has 0 amide bonds. The van der Waals surface area contributed by atoms with E-state index in [1.807, 2.05) is 0 Å². The minimum absolute atomic E-state index is 0.425. The first-order valence-corrected chi connectivity index (χ1v) is 5.82. The van der Waals surface area contributed by atoms with Gasteiger partial charge in [-0.3, -0.25) is 4.79 Å². The van der Waals surface area contributed by atoms with Crippen LogP contribution in [-0.2, 0) is 4.79 Å². The van der Waals surface area contributed by atoms with Gasteiger partial charge in [-0.15, -0.1) is 0 Å². The quantitative estimate of drug-likeness (QED) is 0.731. The Labute approximate surface area is 98.4 Å². The molecular weight excluding hydrogens is 235 g/mol. The van der Waals surface area contributed by atoms with Crippen LogP contribution in [0.1, 0.15) is 19.3 Å². The summed E-state index contributed by atoms with van der Waals surface area (Å²) in [7, 11) is 0. The molecule has 0 bridgehead atoms.